The van der Waals surface area contributed by atoms with Crippen LogP contribution in [0.4, 0.5) is 0 Å². The van der Waals surface area contributed by atoms with Crippen LogP contribution in [-0.2, 0) is 0 Å². The molecule has 3 nitrogen and oxygen atoms in total. The van der Waals surface area contributed by atoms with E-state index in [-0.39, 0.29) is 25.7 Å². The molecule has 0 spiro atoms. The lowest BCUT2D eigenvalue weighted by atomic mass is 10.0. The molecule has 0 saturated carbocycles. The molecule has 0 saturated heterocycles. The molecule has 0 amide bonds. The fourth-order valence-corrected chi connectivity index (χ4v) is 2.86. The monoisotopic (exact) mass is 364 g/mol. The van der Waals surface area contributed by atoms with Gasteiger partial charge in [-0.25, -0.2) is 4.79 Å². The maximum absolute atomic E-state index is 11.1. The minimum absolute atomic E-state index is 0.0639. The predicted octanol–water partition coefficient (Wildman–Crippen LogP) is 5.67. The fraction of sp³-hybridized carbons (Fsp3) is 0.0714. The van der Waals surface area contributed by atoms with E-state index in [0.717, 1.165) is 0 Å². The highest BCUT2D eigenvalue weighted by Gasteiger charge is 2.20. The third-order valence-electron chi connectivity index (χ3n) is 2.83. The molecular weight excluding hydrogens is 358 g/mol. The second-order valence-electron chi connectivity index (χ2n) is 4.06. The Kier molecular flexibility index (Phi) is 4.89. The molecule has 0 aliphatic heterocycles. The van der Waals surface area contributed by atoms with E-state index < -0.39 is 5.97 Å². The molecule has 0 unspecified atom stereocenters. The molecule has 110 valence electrons. The number of hydrogen-bond donors (Lipinski definition) is 1. The zero-order valence-electron chi connectivity index (χ0n) is 10.6. The Morgan fingerprint density at radius 2 is 1.62 bits per heavy atom. The summed E-state index contributed by atoms with van der Waals surface area (Å²) in [6.07, 6.45) is 0. The van der Waals surface area contributed by atoms with Crippen LogP contribution in [0.1, 0.15) is 10.4 Å². The van der Waals surface area contributed by atoms with E-state index in [0.29, 0.717) is 16.9 Å². The molecule has 2 rings (SSSR count). The Morgan fingerprint density at radius 1 is 1.05 bits per heavy atom. The Balaban J connectivity index is 2.83. The molecule has 0 radical (unpaired) electrons. The molecule has 0 bridgehead atoms. The molecule has 0 fully saturated rings. The SMILES string of the molecule is COc1ccc(C(=O)O)cc1-c1c(Cl)c(Cl)cc(Cl)c1Cl. The molecule has 7 heteroatoms. The summed E-state index contributed by atoms with van der Waals surface area (Å²) in [5.41, 5.74) is 0.793. The van der Waals surface area contributed by atoms with E-state index >= 15 is 0 Å². The first-order valence-corrected chi connectivity index (χ1v) is 7.12. The van der Waals surface area contributed by atoms with E-state index in [1.54, 1.807) is 0 Å². The zero-order chi connectivity index (χ0) is 15.7. The highest BCUT2D eigenvalue weighted by atomic mass is 35.5. The number of rotatable bonds is 3. The molecule has 0 aromatic heterocycles. The molecule has 2 aromatic carbocycles. The van der Waals surface area contributed by atoms with Gasteiger partial charge in [-0.2, -0.15) is 0 Å². The van der Waals surface area contributed by atoms with E-state index in [4.69, 9.17) is 56.2 Å². The molecule has 0 heterocycles. The van der Waals surface area contributed by atoms with E-state index in [1.165, 1.54) is 31.4 Å². The number of hydrogen-bond acceptors (Lipinski definition) is 2. The Bertz CT molecular complexity index is 702. The third kappa shape index (κ3) is 3.06. The second-order valence-corrected chi connectivity index (χ2v) is 5.63. The van der Waals surface area contributed by atoms with Gasteiger partial charge in [0, 0.05) is 11.1 Å². The largest absolute Gasteiger partial charge is 0.496 e. The van der Waals surface area contributed by atoms with Crippen molar-refractivity contribution < 1.29 is 14.6 Å². The van der Waals surface area contributed by atoms with Crippen LogP contribution in [0.25, 0.3) is 11.1 Å². The van der Waals surface area contributed by atoms with Crippen LogP contribution in [0.5, 0.6) is 5.75 Å². The van der Waals surface area contributed by atoms with Gasteiger partial charge in [0.25, 0.3) is 0 Å². The van der Waals surface area contributed by atoms with Crippen LogP contribution < -0.4 is 4.74 Å². The quantitative estimate of drug-likeness (QED) is 0.712. The average molecular weight is 366 g/mol. The van der Waals surface area contributed by atoms with Crippen LogP contribution in [-0.4, -0.2) is 18.2 Å². The van der Waals surface area contributed by atoms with Gasteiger partial charge in [0.1, 0.15) is 5.75 Å². The number of ether oxygens (including phenoxy) is 1. The number of aromatic carboxylic acids is 1. The second kappa shape index (κ2) is 6.32. The topological polar surface area (TPSA) is 46.5 Å². The normalized spacial score (nSPS) is 10.5. The van der Waals surface area contributed by atoms with Gasteiger partial charge in [0.15, 0.2) is 0 Å². The van der Waals surface area contributed by atoms with Crippen LogP contribution in [0, 0.1) is 0 Å². The average Bonchev–Trinajstić information content (AvgIpc) is 2.45. The molecule has 21 heavy (non-hydrogen) atoms. The maximum atomic E-state index is 11.1. The molecule has 2 aromatic rings. The zero-order valence-corrected chi connectivity index (χ0v) is 13.6. The summed E-state index contributed by atoms with van der Waals surface area (Å²) in [7, 11) is 1.45. The summed E-state index contributed by atoms with van der Waals surface area (Å²) in [5, 5.41) is 9.88. The number of benzene rings is 2. The lowest BCUT2D eigenvalue weighted by molar-refractivity contribution is 0.0697. The number of carboxylic acid groups (broad SMARTS) is 1. The first kappa shape index (κ1) is 16.2. The number of carbonyl (C=O) groups is 1. The van der Waals surface area contributed by atoms with Gasteiger partial charge in [0.05, 0.1) is 32.8 Å². The Morgan fingerprint density at radius 3 is 2.10 bits per heavy atom. The van der Waals surface area contributed by atoms with Crippen molar-refractivity contribution in [3.05, 3.63) is 49.9 Å². The highest BCUT2D eigenvalue weighted by Crippen LogP contribution is 2.46. The van der Waals surface area contributed by atoms with Crippen molar-refractivity contribution in [1.82, 2.24) is 0 Å². The van der Waals surface area contributed by atoms with Gasteiger partial charge in [-0.1, -0.05) is 46.4 Å². The predicted molar refractivity (Wildman–Crippen MR) is 85.4 cm³/mol. The van der Waals surface area contributed by atoms with Gasteiger partial charge in [-0.3, -0.25) is 0 Å². The van der Waals surface area contributed by atoms with Gasteiger partial charge < -0.3 is 9.84 Å². The third-order valence-corrected chi connectivity index (χ3v) is 4.40. The van der Waals surface area contributed by atoms with Crippen LogP contribution in [0.3, 0.4) is 0 Å². The summed E-state index contributed by atoms with van der Waals surface area (Å²) in [6.45, 7) is 0. The number of methoxy groups -OCH3 is 1. The van der Waals surface area contributed by atoms with Crippen LogP contribution in [0.2, 0.25) is 20.1 Å². The van der Waals surface area contributed by atoms with E-state index in [9.17, 15) is 4.79 Å². The summed E-state index contributed by atoms with van der Waals surface area (Å²) in [5.74, 6) is -0.679. The summed E-state index contributed by atoms with van der Waals surface area (Å²) in [6, 6.07) is 5.75. The molecule has 0 aliphatic carbocycles. The Hall–Kier alpha value is -1.13. The van der Waals surface area contributed by atoms with Gasteiger partial charge in [-0.05, 0) is 24.3 Å². The van der Waals surface area contributed by atoms with E-state index in [1.807, 2.05) is 0 Å². The molecule has 0 atom stereocenters. The number of carboxylic acids is 1. The standard InChI is InChI=1S/C14H8Cl4O3/c1-21-10-3-2-6(14(19)20)4-7(10)11-12(17)8(15)5-9(16)13(11)18/h2-5H,1H3,(H,19,20). The highest BCUT2D eigenvalue weighted by molar-refractivity contribution is 6.50. The maximum Gasteiger partial charge on any atom is 0.335 e. The summed E-state index contributed by atoms with van der Waals surface area (Å²) >= 11 is 24.4. The summed E-state index contributed by atoms with van der Waals surface area (Å²) < 4.78 is 5.23. The summed E-state index contributed by atoms with van der Waals surface area (Å²) in [4.78, 5) is 11.1. The lowest BCUT2D eigenvalue weighted by Gasteiger charge is -2.14. The Labute approximate surface area is 141 Å². The van der Waals surface area contributed by atoms with Crippen LogP contribution >= 0.6 is 46.4 Å². The lowest BCUT2D eigenvalue weighted by Crippen LogP contribution is -1.98. The number of halogens is 4. The molecular formula is C14H8Cl4O3. The first-order valence-electron chi connectivity index (χ1n) is 5.61. The smallest absolute Gasteiger partial charge is 0.335 e. The van der Waals surface area contributed by atoms with Gasteiger partial charge in [0.2, 0.25) is 0 Å². The van der Waals surface area contributed by atoms with Crippen LogP contribution in [0.15, 0.2) is 24.3 Å². The minimum Gasteiger partial charge on any atom is -0.496 e. The fourth-order valence-electron chi connectivity index (χ4n) is 1.85. The van der Waals surface area contributed by atoms with Crippen molar-refractivity contribution in [3.8, 4) is 16.9 Å². The van der Waals surface area contributed by atoms with Crippen molar-refractivity contribution in [2.75, 3.05) is 7.11 Å². The molecule has 0 aliphatic rings. The van der Waals surface area contributed by atoms with Crippen molar-refractivity contribution in [2.24, 2.45) is 0 Å². The van der Waals surface area contributed by atoms with Crippen molar-refractivity contribution in [2.45, 2.75) is 0 Å². The molecule has 1 N–H and O–H groups in total. The minimum atomic E-state index is -1.08. The van der Waals surface area contributed by atoms with Gasteiger partial charge >= 0.3 is 5.97 Å². The van der Waals surface area contributed by atoms with Crippen molar-refractivity contribution >= 4 is 52.4 Å². The van der Waals surface area contributed by atoms with Crippen molar-refractivity contribution in [3.63, 3.8) is 0 Å². The first-order chi connectivity index (χ1) is 9.86. The van der Waals surface area contributed by atoms with Crippen molar-refractivity contribution in [1.29, 1.82) is 0 Å². The van der Waals surface area contributed by atoms with Gasteiger partial charge in [-0.15, -0.1) is 0 Å². The van der Waals surface area contributed by atoms with E-state index in [2.05, 4.69) is 0 Å².